The largest absolute Gasteiger partial charge is 0.490 e. The van der Waals surface area contributed by atoms with Gasteiger partial charge in [-0.1, -0.05) is 0 Å². The molecule has 0 spiro atoms. The molecule has 9 nitrogen and oxygen atoms in total. The molecule has 2 fully saturated rings. The first-order valence-corrected chi connectivity index (χ1v) is 13.4. The maximum Gasteiger partial charge on any atom is 0.218 e. The van der Waals surface area contributed by atoms with Gasteiger partial charge in [-0.25, -0.2) is 9.97 Å². The van der Waals surface area contributed by atoms with Gasteiger partial charge in [0.1, 0.15) is 16.4 Å². The lowest BCUT2D eigenvalue weighted by Gasteiger charge is -2.38. The molecule has 1 saturated heterocycles. The monoisotopic (exact) mass is 496 g/mol. The van der Waals surface area contributed by atoms with Crippen LogP contribution in [0.25, 0.3) is 10.2 Å². The summed E-state index contributed by atoms with van der Waals surface area (Å²) >= 11 is 1.71. The van der Waals surface area contributed by atoms with Crippen LogP contribution in [-0.2, 0) is 16.0 Å². The molecule has 2 aliphatic carbocycles. The lowest BCUT2D eigenvalue weighted by atomic mass is 9.91. The molecule has 186 valence electrons. The number of hydrogen-bond donors (Lipinski definition) is 3. The van der Waals surface area contributed by atoms with E-state index < -0.39 is 0 Å². The van der Waals surface area contributed by atoms with E-state index in [9.17, 15) is 4.79 Å². The summed E-state index contributed by atoms with van der Waals surface area (Å²) in [6, 6.07) is 2.61. The van der Waals surface area contributed by atoms with Gasteiger partial charge in [-0.15, -0.1) is 11.3 Å². The van der Waals surface area contributed by atoms with E-state index in [0.717, 1.165) is 80.8 Å². The Hall–Kier alpha value is -2.69. The van der Waals surface area contributed by atoms with Crippen molar-refractivity contribution in [3.05, 3.63) is 28.9 Å². The van der Waals surface area contributed by atoms with E-state index in [-0.39, 0.29) is 17.9 Å². The molecule has 0 aromatic carbocycles. The van der Waals surface area contributed by atoms with Crippen LogP contribution in [0.15, 0.2) is 18.5 Å². The van der Waals surface area contributed by atoms with E-state index >= 15 is 0 Å². The summed E-state index contributed by atoms with van der Waals surface area (Å²) in [5, 5.41) is 4.33. The second kappa shape index (κ2) is 9.75. The molecule has 0 bridgehead atoms. The molecule has 10 heteroatoms. The number of ether oxygens (including phenoxy) is 2. The molecule has 4 heterocycles. The number of nitrogens with two attached hydrogens (primary N) is 1. The first kappa shape index (κ1) is 22.8. The first-order valence-electron chi connectivity index (χ1n) is 12.6. The van der Waals surface area contributed by atoms with Crippen LogP contribution < -0.4 is 15.8 Å². The lowest BCUT2D eigenvalue weighted by Crippen LogP contribution is -2.46. The summed E-state index contributed by atoms with van der Waals surface area (Å²) in [5.41, 5.74) is 6.81. The number of rotatable bonds is 7. The standard InChI is InChI=1S/C25H32N6O3S/c26-20(32)13-15-1-6-19-22(15)23-18(14-21(29-24(23)35-19)30-25-27-7-8-28-25)34-17-4-2-16(3-5-17)31-9-11-33-12-10-31/h7-8,14-17H,1-6,9-13H2,(H2,26,32)(H2,27,28,29,30)/t15-,16-,17-/m1/s1. The summed E-state index contributed by atoms with van der Waals surface area (Å²) in [6.45, 7) is 3.75. The number of nitrogens with one attached hydrogen (secondary N) is 2. The fourth-order valence-electron chi connectivity index (χ4n) is 5.91. The van der Waals surface area contributed by atoms with Gasteiger partial charge in [-0.05, 0) is 50.0 Å². The number of nitrogens with zero attached hydrogens (tertiary/aromatic N) is 3. The van der Waals surface area contributed by atoms with Crippen molar-refractivity contribution in [1.82, 2.24) is 19.9 Å². The van der Waals surface area contributed by atoms with Gasteiger partial charge >= 0.3 is 0 Å². The van der Waals surface area contributed by atoms with E-state index in [1.54, 1.807) is 23.7 Å². The zero-order valence-corrected chi connectivity index (χ0v) is 20.6. The van der Waals surface area contributed by atoms with Gasteiger partial charge in [0.2, 0.25) is 11.9 Å². The van der Waals surface area contributed by atoms with Gasteiger partial charge in [-0.2, -0.15) is 0 Å². The van der Waals surface area contributed by atoms with Crippen molar-refractivity contribution in [2.75, 3.05) is 31.6 Å². The highest BCUT2D eigenvalue weighted by atomic mass is 32.1. The minimum absolute atomic E-state index is 0.140. The number of fused-ring (bicyclic) bond motifs is 3. The Morgan fingerprint density at radius 3 is 2.83 bits per heavy atom. The van der Waals surface area contributed by atoms with Crippen LogP contribution in [0, 0.1) is 0 Å². The first-order chi connectivity index (χ1) is 17.1. The number of imidazole rings is 1. The number of thiophene rings is 1. The zero-order valence-electron chi connectivity index (χ0n) is 19.8. The molecule has 6 rings (SSSR count). The van der Waals surface area contributed by atoms with Crippen LogP contribution in [0.4, 0.5) is 11.8 Å². The Kier molecular flexibility index (Phi) is 6.34. The van der Waals surface area contributed by atoms with E-state index in [1.807, 2.05) is 6.07 Å². The van der Waals surface area contributed by atoms with E-state index in [4.69, 9.17) is 20.2 Å². The molecule has 3 aromatic heterocycles. The van der Waals surface area contributed by atoms with Crippen LogP contribution in [-0.4, -0.2) is 64.2 Å². The van der Waals surface area contributed by atoms with Gasteiger partial charge in [0.25, 0.3) is 0 Å². The number of aromatic amines is 1. The molecule has 1 amide bonds. The third-order valence-corrected chi connectivity index (χ3v) is 8.72. The molecule has 1 aliphatic heterocycles. The molecule has 1 atom stereocenters. The van der Waals surface area contributed by atoms with Crippen LogP contribution in [0.3, 0.4) is 0 Å². The number of anilines is 2. The molecular formula is C25H32N6O3S. The Morgan fingerprint density at radius 1 is 1.26 bits per heavy atom. The highest BCUT2D eigenvalue weighted by Gasteiger charge is 2.33. The van der Waals surface area contributed by atoms with Crippen LogP contribution in [0.1, 0.15) is 54.9 Å². The minimum Gasteiger partial charge on any atom is -0.490 e. The quantitative estimate of drug-likeness (QED) is 0.456. The lowest BCUT2D eigenvalue weighted by molar-refractivity contribution is -0.118. The van der Waals surface area contributed by atoms with Gasteiger partial charge in [-0.3, -0.25) is 9.69 Å². The molecule has 3 aromatic rings. The van der Waals surface area contributed by atoms with Crippen LogP contribution in [0.2, 0.25) is 0 Å². The second-order valence-electron chi connectivity index (χ2n) is 9.79. The smallest absolute Gasteiger partial charge is 0.218 e. The van der Waals surface area contributed by atoms with Crippen molar-refractivity contribution in [1.29, 1.82) is 0 Å². The SMILES string of the molecule is NC(=O)C[C@H]1CCc2sc3nc(Nc4ncc[nH]4)cc(O[C@H]4CC[C@H](N5CCOCC5)CC4)c3c21. The highest BCUT2D eigenvalue weighted by Crippen LogP contribution is 2.49. The van der Waals surface area contributed by atoms with Crippen LogP contribution in [0.5, 0.6) is 5.75 Å². The number of hydrogen-bond acceptors (Lipinski definition) is 8. The number of carbonyl (C=O) groups is 1. The average Bonchev–Trinajstić information content (AvgIpc) is 3.58. The van der Waals surface area contributed by atoms with Gasteiger partial charge < -0.3 is 25.5 Å². The fraction of sp³-hybridized carbons (Fsp3) is 0.560. The number of amides is 1. The number of carbonyl (C=O) groups excluding carboxylic acids is 1. The van der Waals surface area contributed by atoms with Crippen LogP contribution >= 0.6 is 11.3 Å². The summed E-state index contributed by atoms with van der Waals surface area (Å²) in [7, 11) is 0. The van der Waals surface area contributed by atoms with Crippen molar-refractivity contribution in [2.45, 2.75) is 63.0 Å². The number of aryl methyl sites for hydroxylation is 1. The molecule has 0 unspecified atom stereocenters. The second-order valence-corrected chi connectivity index (χ2v) is 10.9. The van der Waals surface area contributed by atoms with Crippen molar-refractivity contribution in [2.24, 2.45) is 5.73 Å². The van der Waals surface area contributed by atoms with E-state index in [0.29, 0.717) is 24.2 Å². The molecule has 4 N–H and O–H groups in total. The maximum atomic E-state index is 11.8. The van der Waals surface area contributed by atoms with Gasteiger partial charge in [0.15, 0.2) is 0 Å². The predicted octanol–water partition coefficient (Wildman–Crippen LogP) is 3.69. The molecule has 35 heavy (non-hydrogen) atoms. The third-order valence-electron chi connectivity index (χ3n) is 7.56. The zero-order chi connectivity index (χ0) is 23.8. The predicted molar refractivity (Wildman–Crippen MR) is 135 cm³/mol. The number of aromatic nitrogens is 3. The number of primary amides is 1. The number of morpholine rings is 1. The minimum atomic E-state index is -0.254. The third kappa shape index (κ3) is 4.74. The topological polar surface area (TPSA) is 118 Å². The van der Waals surface area contributed by atoms with Crippen molar-refractivity contribution in [3.8, 4) is 5.75 Å². The molecule has 0 radical (unpaired) electrons. The summed E-state index contributed by atoms with van der Waals surface area (Å²) in [6.07, 6.45) is 10.3. The highest BCUT2D eigenvalue weighted by molar-refractivity contribution is 7.19. The van der Waals surface area contributed by atoms with Crippen molar-refractivity contribution >= 4 is 39.2 Å². The van der Waals surface area contributed by atoms with E-state index in [2.05, 4.69) is 20.2 Å². The molecular weight excluding hydrogens is 464 g/mol. The number of H-pyrrole nitrogens is 1. The normalized spacial score (nSPS) is 25.0. The number of pyridine rings is 1. The Balaban J connectivity index is 1.28. The van der Waals surface area contributed by atoms with E-state index in [1.165, 1.54) is 10.4 Å². The summed E-state index contributed by atoms with van der Waals surface area (Å²) in [5.74, 6) is 2.09. The Morgan fingerprint density at radius 2 is 2.09 bits per heavy atom. The fourth-order valence-corrected chi connectivity index (χ4v) is 7.20. The Labute approximate surface area is 208 Å². The Bertz CT molecular complexity index is 1180. The van der Waals surface area contributed by atoms with Gasteiger partial charge in [0.05, 0.1) is 24.7 Å². The maximum absolute atomic E-state index is 11.8. The van der Waals surface area contributed by atoms with Crippen molar-refractivity contribution in [3.63, 3.8) is 0 Å². The molecule has 1 saturated carbocycles. The van der Waals surface area contributed by atoms with Crippen molar-refractivity contribution < 1.29 is 14.3 Å². The average molecular weight is 497 g/mol. The van der Waals surface area contributed by atoms with Gasteiger partial charge in [0, 0.05) is 48.9 Å². The molecule has 3 aliphatic rings. The summed E-state index contributed by atoms with van der Waals surface area (Å²) in [4.78, 5) is 28.8. The summed E-state index contributed by atoms with van der Waals surface area (Å²) < 4.78 is 12.3.